The number of aromatic nitrogens is 2. The van der Waals surface area contributed by atoms with Gasteiger partial charge in [0, 0.05) is 18.7 Å². The zero-order chi connectivity index (χ0) is 18.4. The van der Waals surface area contributed by atoms with Crippen LogP contribution < -0.4 is 10.1 Å². The standard InChI is InChI=1S/C19H22FN3O3/c1-2-4-16-15(10-21-12-22-16)19(24)23-17-11-25-8-7-18(17)26-14-6-3-5-13(20)9-14/h3,5-6,9-10,12,17-18H,2,4,7-8,11H2,1H3,(H,23,24)/t17-,18+/m1/s1. The van der Waals surface area contributed by atoms with Crippen molar-refractivity contribution in [2.75, 3.05) is 13.2 Å². The van der Waals surface area contributed by atoms with E-state index in [1.807, 2.05) is 6.92 Å². The van der Waals surface area contributed by atoms with E-state index < -0.39 is 0 Å². The Bertz CT molecular complexity index is 756. The topological polar surface area (TPSA) is 73.3 Å². The molecule has 26 heavy (non-hydrogen) atoms. The summed E-state index contributed by atoms with van der Waals surface area (Å²) >= 11 is 0. The maximum atomic E-state index is 13.4. The first-order valence-electron chi connectivity index (χ1n) is 8.77. The molecule has 2 heterocycles. The summed E-state index contributed by atoms with van der Waals surface area (Å²) in [6.45, 7) is 2.89. The van der Waals surface area contributed by atoms with E-state index in [0.717, 1.165) is 12.1 Å². The molecular formula is C19H22FN3O3. The average molecular weight is 359 g/mol. The molecule has 2 aromatic rings. The first kappa shape index (κ1) is 18.3. The largest absolute Gasteiger partial charge is 0.488 e. The monoisotopic (exact) mass is 359 g/mol. The second-order valence-electron chi connectivity index (χ2n) is 6.19. The van der Waals surface area contributed by atoms with Crippen LogP contribution in [0.3, 0.4) is 0 Å². The van der Waals surface area contributed by atoms with E-state index in [1.165, 1.54) is 24.7 Å². The first-order valence-corrected chi connectivity index (χ1v) is 8.77. The van der Waals surface area contributed by atoms with Gasteiger partial charge in [0.15, 0.2) is 0 Å². The predicted molar refractivity (Wildman–Crippen MR) is 93.5 cm³/mol. The number of nitrogens with zero attached hydrogens (tertiary/aromatic N) is 2. The fourth-order valence-corrected chi connectivity index (χ4v) is 2.94. The number of carbonyl (C=O) groups excluding carboxylic acids is 1. The van der Waals surface area contributed by atoms with Crippen LogP contribution in [0.1, 0.15) is 35.8 Å². The second kappa shape index (κ2) is 8.71. The third-order valence-electron chi connectivity index (χ3n) is 4.22. The van der Waals surface area contributed by atoms with Crippen molar-refractivity contribution in [2.24, 2.45) is 0 Å². The lowest BCUT2D eigenvalue weighted by Gasteiger charge is -2.32. The van der Waals surface area contributed by atoms with Crippen LogP contribution in [0.5, 0.6) is 5.75 Å². The molecule has 1 aliphatic rings. The summed E-state index contributed by atoms with van der Waals surface area (Å²) in [5.74, 6) is -0.177. The van der Waals surface area contributed by atoms with Crippen molar-refractivity contribution in [1.82, 2.24) is 15.3 Å². The van der Waals surface area contributed by atoms with Crippen LogP contribution in [0.25, 0.3) is 0 Å². The molecule has 0 bridgehead atoms. The predicted octanol–water partition coefficient (Wildman–Crippen LogP) is 2.53. The SMILES string of the molecule is CCCc1ncncc1C(=O)N[C@@H]1COCC[C@@H]1Oc1cccc(F)c1. The molecule has 1 aromatic carbocycles. The minimum atomic E-state index is -0.360. The fraction of sp³-hybridized carbons (Fsp3) is 0.421. The van der Waals surface area contributed by atoms with Gasteiger partial charge in [-0.3, -0.25) is 4.79 Å². The van der Waals surface area contributed by atoms with Gasteiger partial charge in [-0.15, -0.1) is 0 Å². The van der Waals surface area contributed by atoms with Crippen LogP contribution in [0.2, 0.25) is 0 Å². The van der Waals surface area contributed by atoms with Crippen LogP contribution in [0.15, 0.2) is 36.8 Å². The third kappa shape index (κ3) is 4.54. The van der Waals surface area contributed by atoms with Gasteiger partial charge in [-0.25, -0.2) is 14.4 Å². The number of nitrogens with one attached hydrogen (secondary N) is 1. The van der Waals surface area contributed by atoms with E-state index in [1.54, 1.807) is 12.1 Å². The summed E-state index contributed by atoms with van der Waals surface area (Å²) in [6, 6.07) is 5.64. The molecular weight excluding hydrogens is 337 g/mol. The Balaban J connectivity index is 1.71. The molecule has 6 nitrogen and oxygen atoms in total. The lowest BCUT2D eigenvalue weighted by Crippen LogP contribution is -2.52. The van der Waals surface area contributed by atoms with Crippen molar-refractivity contribution in [2.45, 2.75) is 38.3 Å². The van der Waals surface area contributed by atoms with Crippen LogP contribution in [0, 0.1) is 5.82 Å². The Labute approximate surface area is 151 Å². The van der Waals surface area contributed by atoms with E-state index in [4.69, 9.17) is 9.47 Å². The Morgan fingerprint density at radius 1 is 1.46 bits per heavy atom. The Hall–Kier alpha value is -2.54. The normalized spacial score (nSPS) is 19.8. The van der Waals surface area contributed by atoms with E-state index in [0.29, 0.717) is 37.4 Å². The molecule has 3 rings (SSSR count). The average Bonchev–Trinajstić information content (AvgIpc) is 2.64. The number of halogens is 1. The lowest BCUT2D eigenvalue weighted by atomic mass is 10.0. The van der Waals surface area contributed by atoms with E-state index in [2.05, 4.69) is 15.3 Å². The van der Waals surface area contributed by atoms with Crippen molar-refractivity contribution in [3.63, 3.8) is 0 Å². The second-order valence-corrected chi connectivity index (χ2v) is 6.19. The van der Waals surface area contributed by atoms with Crippen molar-refractivity contribution in [3.8, 4) is 5.75 Å². The van der Waals surface area contributed by atoms with Gasteiger partial charge in [-0.05, 0) is 18.6 Å². The molecule has 1 saturated heterocycles. The maximum Gasteiger partial charge on any atom is 0.255 e. The van der Waals surface area contributed by atoms with Gasteiger partial charge >= 0.3 is 0 Å². The highest BCUT2D eigenvalue weighted by molar-refractivity contribution is 5.95. The molecule has 0 spiro atoms. The van der Waals surface area contributed by atoms with Crippen molar-refractivity contribution < 1.29 is 18.7 Å². The number of rotatable bonds is 6. The van der Waals surface area contributed by atoms with Crippen LogP contribution in [0.4, 0.5) is 4.39 Å². The molecule has 1 N–H and O–H groups in total. The molecule has 1 aromatic heterocycles. The highest BCUT2D eigenvalue weighted by Gasteiger charge is 2.30. The summed E-state index contributed by atoms with van der Waals surface area (Å²) in [5, 5.41) is 2.96. The van der Waals surface area contributed by atoms with E-state index in [-0.39, 0.29) is 23.9 Å². The number of ether oxygens (including phenoxy) is 2. The van der Waals surface area contributed by atoms with Crippen LogP contribution >= 0.6 is 0 Å². The van der Waals surface area contributed by atoms with Gasteiger partial charge in [0.1, 0.15) is 24.0 Å². The minimum absolute atomic E-state index is 0.252. The van der Waals surface area contributed by atoms with Gasteiger partial charge in [0.05, 0.1) is 30.5 Å². The fourth-order valence-electron chi connectivity index (χ4n) is 2.94. The van der Waals surface area contributed by atoms with Crippen molar-refractivity contribution >= 4 is 5.91 Å². The van der Waals surface area contributed by atoms with E-state index in [9.17, 15) is 9.18 Å². The van der Waals surface area contributed by atoms with Crippen LogP contribution in [-0.2, 0) is 11.2 Å². The van der Waals surface area contributed by atoms with Crippen molar-refractivity contribution in [3.05, 3.63) is 53.9 Å². The van der Waals surface area contributed by atoms with Gasteiger partial charge in [-0.1, -0.05) is 19.4 Å². The van der Waals surface area contributed by atoms with Crippen molar-refractivity contribution in [1.29, 1.82) is 0 Å². The van der Waals surface area contributed by atoms with Gasteiger partial charge in [0.2, 0.25) is 0 Å². The third-order valence-corrected chi connectivity index (χ3v) is 4.22. The first-order chi connectivity index (χ1) is 12.7. The molecule has 0 saturated carbocycles. The molecule has 1 amide bonds. The number of hydrogen-bond acceptors (Lipinski definition) is 5. The zero-order valence-corrected chi connectivity index (χ0v) is 14.7. The summed E-state index contributed by atoms with van der Waals surface area (Å²) in [7, 11) is 0. The van der Waals surface area contributed by atoms with E-state index >= 15 is 0 Å². The molecule has 1 fully saturated rings. The Morgan fingerprint density at radius 2 is 2.35 bits per heavy atom. The summed E-state index contributed by atoms with van der Waals surface area (Å²) in [4.78, 5) is 20.9. The molecule has 0 radical (unpaired) electrons. The number of aryl methyl sites for hydroxylation is 1. The summed E-state index contributed by atoms with van der Waals surface area (Å²) in [6.07, 6.45) is 4.87. The number of amides is 1. The van der Waals surface area contributed by atoms with Gasteiger partial charge < -0.3 is 14.8 Å². The zero-order valence-electron chi connectivity index (χ0n) is 14.7. The minimum Gasteiger partial charge on any atom is -0.488 e. The highest BCUT2D eigenvalue weighted by atomic mass is 19.1. The highest BCUT2D eigenvalue weighted by Crippen LogP contribution is 2.20. The number of carbonyl (C=O) groups is 1. The smallest absolute Gasteiger partial charge is 0.255 e. The lowest BCUT2D eigenvalue weighted by molar-refractivity contribution is -0.00300. The summed E-state index contributed by atoms with van der Waals surface area (Å²) < 4.78 is 24.8. The molecule has 0 aliphatic carbocycles. The number of benzene rings is 1. The van der Waals surface area contributed by atoms with Crippen LogP contribution in [-0.4, -0.2) is 41.2 Å². The molecule has 0 unspecified atom stereocenters. The summed E-state index contributed by atoms with van der Waals surface area (Å²) in [5.41, 5.74) is 1.18. The van der Waals surface area contributed by atoms with Gasteiger partial charge in [-0.2, -0.15) is 0 Å². The van der Waals surface area contributed by atoms with Gasteiger partial charge in [0.25, 0.3) is 5.91 Å². The number of hydrogen-bond donors (Lipinski definition) is 1. The molecule has 2 atom stereocenters. The quantitative estimate of drug-likeness (QED) is 0.858. The molecule has 1 aliphatic heterocycles. The Morgan fingerprint density at radius 3 is 3.15 bits per heavy atom. The molecule has 138 valence electrons. The maximum absolute atomic E-state index is 13.4. The molecule has 7 heteroatoms. The Kier molecular flexibility index (Phi) is 6.12.